The van der Waals surface area contributed by atoms with E-state index in [4.69, 9.17) is 5.11 Å². The summed E-state index contributed by atoms with van der Waals surface area (Å²) in [5.41, 5.74) is -0.989. The third kappa shape index (κ3) is 5.70. The summed E-state index contributed by atoms with van der Waals surface area (Å²) in [5, 5.41) is 14.5. The highest BCUT2D eigenvalue weighted by Crippen LogP contribution is 2.01. The molecular formula is C11H22N2O3. The van der Waals surface area contributed by atoms with Gasteiger partial charge in [-0.2, -0.15) is 0 Å². The van der Waals surface area contributed by atoms with Crippen molar-refractivity contribution in [2.45, 2.75) is 52.1 Å². The van der Waals surface area contributed by atoms with Gasteiger partial charge >= 0.3 is 5.97 Å². The molecule has 0 fully saturated rings. The van der Waals surface area contributed by atoms with Crippen molar-refractivity contribution in [1.82, 2.24) is 10.6 Å². The standard InChI is InChI=1S/C11H22N2O3/c1-5-8(2)13-9(14)6-7-12-11(3,4)10(15)16/h8,12H,5-7H2,1-4H3,(H,13,14)(H,15,16). The molecule has 0 bridgehead atoms. The maximum absolute atomic E-state index is 11.4. The van der Waals surface area contributed by atoms with Crippen molar-refractivity contribution in [3.63, 3.8) is 0 Å². The maximum atomic E-state index is 11.4. The summed E-state index contributed by atoms with van der Waals surface area (Å²) in [7, 11) is 0. The normalized spacial score (nSPS) is 13.2. The summed E-state index contributed by atoms with van der Waals surface area (Å²) in [6.07, 6.45) is 1.18. The molecule has 3 N–H and O–H groups in total. The summed E-state index contributed by atoms with van der Waals surface area (Å²) in [5.74, 6) is -0.974. The van der Waals surface area contributed by atoms with E-state index in [9.17, 15) is 9.59 Å². The van der Waals surface area contributed by atoms with E-state index in [2.05, 4.69) is 10.6 Å². The zero-order valence-corrected chi connectivity index (χ0v) is 10.5. The third-order valence-corrected chi connectivity index (χ3v) is 2.47. The van der Waals surface area contributed by atoms with Crippen LogP contribution in [0.1, 0.15) is 40.5 Å². The fourth-order valence-corrected chi connectivity index (χ4v) is 1.01. The van der Waals surface area contributed by atoms with Crippen LogP contribution in [0.5, 0.6) is 0 Å². The van der Waals surface area contributed by atoms with Gasteiger partial charge in [-0.25, -0.2) is 0 Å². The van der Waals surface area contributed by atoms with Gasteiger partial charge in [0.2, 0.25) is 5.91 Å². The van der Waals surface area contributed by atoms with Crippen LogP contribution in [0.4, 0.5) is 0 Å². The van der Waals surface area contributed by atoms with Gasteiger partial charge in [0.15, 0.2) is 0 Å². The van der Waals surface area contributed by atoms with E-state index in [1.807, 2.05) is 13.8 Å². The van der Waals surface area contributed by atoms with Gasteiger partial charge in [0, 0.05) is 19.0 Å². The van der Waals surface area contributed by atoms with Crippen molar-refractivity contribution in [2.24, 2.45) is 0 Å². The minimum atomic E-state index is -0.989. The van der Waals surface area contributed by atoms with Crippen LogP contribution < -0.4 is 10.6 Å². The molecule has 0 aliphatic carbocycles. The number of carboxylic acid groups (broad SMARTS) is 1. The quantitative estimate of drug-likeness (QED) is 0.603. The molecule has 0 spiro atoms. The summed E-state index contributed by atoms with van der Waals surface area (Å²) in [6.45, 7) is 7.44. The maximum Gasteiger partial charge on any atom is 0.323 e. The van der Waals surface area contributed by atoms with Gasteiger partial charge in [-0.05, 0) is 27.2 Å². The molecule has 0 aromatic carbocycles. The largest absolute Gasteiger partial charge is 0.480 e. The second-order valence-corrected chi connectivity index (χ2v) is 4.48. The van der Waals surface area contributed by atoms with Crippen molar-refractivity contribution in [3.05, 3.63) is 0 Å². The van der Waals surface area contributed by atoms with Crippen LogP contribution in [-0.4, -0.2) is 35.1 Å². The SMILES string of the molecule is CCC(C)NC(=O)CCNC(C)(C)C(=O)O. The summed E-state index contributed by atoms with van der Waals surface area (Å²) >= 11 is 0. The molecule has 1 unspecified atom stereocenters. The van der Waals surface area contributed by atoms with Crippen LogP contribution in [0.3, 0.4) is 0 Å². The van der Waals surface area contributed by atoms with Crippen LogP contribution in [0, 0.1) is 0 Å². The second-order valence-electron chi connectivity index (χ2n) is 4.48. The molecule has 0 saturated heterocycles. The van der Waals surface area contributed by atoms with E-state index < -0.39 is 11.5 Å². The van der Waals surface area contributed by atoms with Crippen molar-refractivity contribution >= 4 is 11.9 Å². The fourth-order valence-electron chi connectivity index (χ4n) is 1.01. The first kappa shape index (κ1) is 14.9. The van der Waals surface area contributed by atoms with Crippen molar-refractivity contribution in [2.75, 3.05) is 6.54 Å². The molecule has 94 valence electrons. The highest BCUT2D eigenvalue weighted by molar-refractivity contribution is 5.78. The lowest BCUT2D eigenvalue weighted by Gasteiger charge is -2.21. The first-order valence-corrected chi connectivity index (χ1v) is 5.57. The average molecular weight is 230 g/mol. The zero-order chi connectivity index (χ0) is 12.8. The molecule has 1 atom stereocenters. The molecule has 5 heteroatoms. The summed E-state index contributed by atoms with van der Waals surface area (Å²) in [6, 6.07) is 0.167. The van der Waals surface area contributed by atoms with Gasteiger partial charge in [-0.1, -0.05) is 6.92 Å². The van der Waals surface area contributed by atoms with Gasteiger partial charge in [0.25, 0.3) is 0 Å². The van der Waals surface area contributed by atoms with Crippen molar-refractivity contribution in [3.8, 4) is 0 Å². The molecule has 1 amide bonds. The fraction of sp³-hybridized carbons (Fsp3) is 0.818. The number of aliphatic carboxylic acids is 1. The molecular weight excluding hydrogens is 208 g/mol. The van der Waals surface area contributed by atoms with E-state index in [-0.39, 0.29) is 11.9 Å². The molecule has 0 aliphatic heterocycles. The van der Waals surface area contributed by atoms with Gasteiger partial charge in [0.05, 0.1) is 0 Å². The second kappa shape index (κ2) is 6.48. The van der Waals surface area contributed by atoms with Crippen LogP contribution in [-0.2, 0) is 9.59 Å². The van der Waals surface area contributed by atoms with Gasteiger partial charge in [-0.3, -0.25) is 9.59 Å². The molecule has 5 nitrogen and oxygen atoms in total. The van der Waals surface area contributed by atoms with Gasteiger partial charge < -0.3 is 15.7 Å². The predicted octanol–water partition coefficient (Wildman–Crippen LogP) is 0.744. The van der Waals surface area contributed by atoms with Crippen molar-refractivity contribution < 1.29 is 14.7 Å². The van der Waals surface area contributed by atoms with Gasteiger partial charge in [0.1, 0.15) is 5.54 Å². The first-order valence-electron chi connectivity index (χ1n) is 5.57. The average Bonchev–Trinajstić information content (AvgIpc) is 2.16. The molecule has 0 aromatic heterocycles. The van der Waals surface area contributed by atoms with Crippen molar-refractivity contribution in [1.29, 1.82) is 0 Å². The zero-order valence-electron chi connectivity index (χ0n) is 10.5. The lowest BCUT2D eigenvalue weighted by Crippen LogP contribution is -2.48. The van der Waals surface area contributed by atoms with E-state index in [0.717, 1.165) is 6.42 Å². The van der Waals surface area contributed by atoms with Crippen LogP contribution in [0.15, 0.2) is 0 Å². The van der Waals surface area contributed by atoms with Crippen LogP contribution in [0.2, 0.25) is 0 Å². The molecule has 0 saturated carbocycles. The predicted molar refractivity (Wildman–Crippen MR) is 62.2 cm³/mol. The minimum absolute atomic E-state index is 0.0527. The topological polar surface area (TPSA) is 78.4 Å². The molecule has 0 rings (SSSR count). The number of rotatable bonds is 7. The number of hydrogen-bond acceptors (Lipinski definition) is 3. The third-order valence-electron chi connectivity index (χ3n) is 2.47. The van der Waals surface area contributed by atoms with E-state index >= 15 is 0 Å². The Morgan fingerprint density at radius 2 is 1.94 bits per heavy atom. The molecule has 0 heterocycles. The summed E-state index contributed by atoms with van der Waals surface area (Å²) < 4.78 is 0. The van der Waals surface area contributed by atoms with Crippen LogP contribution in [0.25, 0.3) is 0 Å². The van der Waals surface area contributed by atoms with E-state index in [1.54, 1.807) is 13.8 Å². The smallest absolute Gasteiger partial charge is 0.323 e. The highest BCUT2D eigenvalue weighted by Gasteiger charge is 2.25. The lowest BCUT2D eigenvalue weighted by atomic mass is 10.1. The Hall–Kier alpha value is -1.10. The number of carboxylic acids is 1. The summed E-state index contributed by atoms with van der Waals surface area (Å²) in [4.78, 5) is 22.1. The number of hydrogen-bond donors (Lipinski definition) is 3. The Bertz CT molecular complexity index is 252. The Morgan fingerprint density at radius 1 is 1.38 bits per heavy atom. The number of nitrogens with one attached hydrogen (secondary N) is 2. The number of carbonyl (C=O) groups is 2. The Labute approximate surface area is 96.6 Å². The van der Waals surface area contributed by atoms with Crippen LogP contribution >= 0.6 is 0 Å². The molecule has 0 radical (unpaired) electrons. The Kier molecular flexibility index (Phi) is 6.03. The molecule has 16 heavy (non-hydrogen) atoms. The first-order chi connectivity index (χ1) is 7.29. The Balaban J connectivity index is 3.82. The number of carbonyl (C=O) groups excluding carboxylic acids is 1. The Morgan fingerprint density at radius 3 is 2.38 bits per heavy atom. The molecule has 0 aliphatic rings. The monoisotopic (exact) mass is 230 g/mol. The van der Waals surface area contributed by atoms with E-state index in [1.165, 1.54) is 0 Å². The lowest BCUT2D eigenvalue weighted by molar-refractivity contribution is -0.143. The number of amides is 1. The highest BCUT2D eigenvalue weighted by atomic mass is 16.4. The van der Waals surface area contributed by atoms with E-state index in [0.29, 0.717) is 13.0 Å². The molecule has 0 aromatic rings. The minimum Gasteiger partial charge on any atom is -0.480 e. The van der Waals surface area contributed by atoms with Gasteiger partial charge in [-0.15, -0.1) is 0 Å².